The maximum absolute atomic E-state index is 12.4. The normalized spacial score (nSPS) is 20.6. The summed E-state index contributed by atoms with van der Waals surface area (Å²) < 4.78 is 9.98. The molecule has 3 N–H and O–H groups in total. The van der Waals surface area contributed by atoms with Gasteiger partial charge in [-0.15, -0.1) is 0 Å². The summed E-state index contributed by atoms with van der Waals surface area (Å²) in [5.41, 5.74) is 2.50. The summed E-state index contributed by atoms with van der Waals surface area (Å²) >= 11 is 0. The molecule has 3 rings (SSSR count). The third kappa shape index (κ3) is 5.98. The van der Waals surface area contributed by atoms with E-state index in [1.807, 2.05) is 49.4 Å². The van der Waals surface area contributed by atoms with Gasteiger partial charge in [0, 0.05) is 5.69 Å². The zero-order chi connectivity index (χ0) is 22.4. The van der Waals surface area contributed by atoms with Crippen molar-refractivity contribution in [3.8, 4) is 5.75 Å². The molecule has 2 aromatic carbocycles. The Morgan fingerprint density at radius 1 is 1.06 bits per heavy atom. The Hall–Kier alpha value is -3.06. The van der Waals surface area contributed by atoms with E-state index in [-0.39, 0.29) is 18.4 Å². The lowest BCUT2D eigenvalue weighted by atomic mass is 9.75. The Kier molecular flexibility index (Phi) is 7.17. The largest absolute Gasteiger partial charge is 0.495 e. The predicted molar refractivity (Wildman–Crippen MR) is 120 cm³/mol. The van der Waals surface area contributed by atoms with Crippen LogP contribution in [0.1, 0.15) is 49.1 Å². The van der Waals surface area contributed by atoms with Gasteiger partial charge in [0.2, 0.25) is 0 Å². The summed E-state index contributed by atoms with van der Waals surface area (Å²) in [6.45, 7) is 1.95. The number of amides is 2. The van der Waals surface area contributed by atoms with Crippen molar-refractivity contribution in [1.82, 2.24) is 0 Å². The molecular formula is C24H30N2O5. The molecule has 31 heavy (non-hydrogen) atoms. The number of carbonyl (C=O) groups is 2. The van der Waals surface area contributed by atoms with Crippen LogP contribution in [0.25, 0.3) is 0 Å². The maximum atomic E-state index is 12.4. The van der Waals surface area contributed by atoms with Crippen LogP contribution >= 0.6 is 0 Å². The summed E-state index contributed by atoms with van der Waals surface area (Å²) in [6.07, 6.45) is 2.77. The molecule has 0 unspecified atom stereocenters. The van der Waals surface area contributed by atoms with Crippen LogP contribution in [-0.4, -0.2) is 36.9 Å². The highest BCUT2D eigenvalue weighted by Crippen LogP contribution is 2.40. The number of rotatable bonds is 6. The highest BCUT2D eigenvalue weighted by molar-refractivity contribution is 6.00. The van der Waals surface area contributed by atoms with E-state index in [2.05, 4.69) is 15.4 Å². The van der Waals surface area contributed by atoms with Gasteiger partial charge in [0.15, 0.2) is 0 Å². The number of aryl methyl sites for hydroxylation is 1. The van der Waals surface area contributed by atoms with Crippen LogP contribution < -0.4 is 15.4 Å². The molecule has 1 fully saturated rings. The van der Waals surface area contributed by atoms with Crippen LogP contribution in [0.5, 0.6) is 5.75 Å². The van der Waals surface area contributed by atoms with Gasteiger partial charge in [-0.25, -0.2) is 4.79 Å². The van der Waals surface area contributed by atoms with Gasteiger partial charge in [-0.3, -0.25) is 4.79 Å². The van der Waals surface area contributed by atoms with E-state index in [9.17, 15) is 14.7 Å². The van der Waals surface area contributed by atoms with Crippen molar-refractivity contribution < 1.29 is 24.2 Å². The average Bonchev–Trinajstić information content (AvgIpc) is 2.75. The smallest absolute Gasteiger partial charge is 0.323 e. The molecule has 0 radical (unpaired) electrons. The number of benzene rings is 2. The van der Waals surface area contributed by atoms with Crippen LogP contribution in [0.2, 0.25) is 0 Å². The topological polar surface area (TPSA) is 96.9 Å². The molecule has 0 aromatic heterocycles. The number of urea groups is 1. The molecule has 2 amide bonds. The van der Waals surface area contributed by atoms with Gasteiger partial charge in [-0.1, -0.05) is 18.2 Å². The molecular weight excluding hydrogens is 396 g/mol. The van der Waals surface area contributed by atoms with Crippen molar-refractivity contribution >= 4 is 23.4 Å². The molecule has 2 aromatic rings. The lowest BCUT2D eigenvalue weighted by Gasteiger charge is -2.35. The summed E-state index contributed by atoms with van der Waals surface area (Å²) in [5.74, 6) is 0.538. The summed E-state index contributed by atoms with van der Waals surface area (Å²) in [7, 11) is 2.90. The minimum Gasteiger partial charge on any atom is -0.495 e. The van der Waals surface area contributed by atoms with Crippen molar-refractivity contribution in [2.24, 2.45) is 0 Å². The first kappa shape index (κ1) is 22.6. The number of nitrogens with one attached hydrogen (secondary N) is 2. The van der Waals surface area contributed by atoms with Crippen LogP contribution in [0, 0.1) is 6.92 Å². The van der Waals surface area contributed by atoms with E-state index >= 15 is 0 Å². The second kappa shape index (κ2) is 9.83. The number of methoxy groups -OCH3 is 2. The van der Waals surface area contributed by atoms with Gasteiger partial charge in [0.25, 0.3) is 0 Å². The van der Waals surface area contributed by atoms with Crippen LogP contribution in [0.3, 0.4) is 0 Å². The van der Waals surface area contributed by atoms with Crippen molar-refractivity contribution in [1.29, 1.82) is 0 Å². The highest BCUT2D eigenvalue weighted by Gasteiger charge is 2.35. The number of hydrogen-bond acceptors (Lipinski definition) is 5. The van der Waals surface area contributed by atoms with Crippen molar-refractivity contribution in [3.63, 3.8) is 0 Å². The van der Waals surface area contributed by atoms with Crippen LogP contribution in [-0.2, 0) is 9.53 Å². The predicted octanol–water partition coefficient (Wildman–Crippen LogP) is 4.60. The number of hydrogen-bond donors (Lipinski definition) is 3. The first-order valence-electron chi connectivity index (χ1n) is 10.4. The van der Waals surface area contributed by atoms with Crippen molar-refractivity contribution in [2.45, 2.75) is 50.5 Å². The van der Waals surface area contributed by atoms with Crippen LogP contribution in [0.15, 0.2) is 42.5 Å². The minimum atomic E-state index is -0.972. The monoisotopic (exact) mass is 426 g/mol. The molecule has 0 bridgehead atoms. The molecule has 0 spiro atoms. The standard InChI is InChI=1S/C24H30N2O5/c1-16-4-9-21(30-2)20(14-16)26-23(28)25-19-7-5-17(6-8-19)18-10-12-24(29,13-11-18)15-22(27)31-3/h4-9,14,18,29H,10-13,15H2,1-3H3,(H2,25,26,28). The lowest BCUT2D eigenvalue weighted by molar-refractivity contribution is -0.147. The van der Waals surface area contributed by atoms with E-state index < -0.39 is 5.60 Å². The van der Waals surface area contributed by atoms with Gasteiger partial charge in [0.05, 0.1) is 31.9 Å². The zero-order valence-corrected chi connectivity index (χ0v) is 18.2. The third-order valence-electron chi connectivity index (χ3n) is 5.86. The van der Waals surface area contributed by atoms with Gasteiger partial charge in [-0.05, 0) is 73.9 Å². The number of anilines is 2. The van der Waals surface area contributed by atoms with Crippen molar-refractivity contribution in [2.75, 3.05) is 24.9 Å². The molecule has 0 saturated heterocycles. The van der Waals surface area contributed by atoms with Gasteiger partial charge < -0.3 is 25.2 Å². The minimum absolute atomic E-state index is 0.0416. The second-order valence-corrected chi connectivity index (χ2v) is 8.16. The van der Waals surface area contributed by atoms with E-state index in [4.69, 9.17) is 4.74 Å². The summed E-state index contributed by atoms with van der Waals surface area (Å²) in [5, 5.41) is 16.2. The van der Waals surface area contributed by atoms with Crippen molar-refractivity contribution in [3.05, 3.63) is 53.6 Å². The Morgan fingerprint density at radius 3 is 2.35 bits per heavy atom. The number of aliphatic hydroxyl groups is 1. The SMILES string of the molecule is COC(=O)CC1(O)CCC(c2ccc(NC(=O)Nc3cc(C)ccc3OC)cc2)CC1. The fourth-order valence-electron chi connectivity index (χ4n) is 4.05. The Bertz CT molecular complexity index is 918. The molecule has 0 aliphatic heterocycles. The van der Waals surface area contributed by atoms with Gasteiger partial charge >= 0.3 is 12.0 Å². The Morgan fingerprint density at radius 2 is 1.74 bits per heavy atom. The Labute approximate surface area is 182 Å². The van der Waals surface area contributed by atoms with E-state index in [1.54, 1.807) is 7.11 Å². The quantitative estimate of drug-likeness (QED) is 0.587. The number of esters is 1. The number of ether oxygens (including phenoxy) is 2. The molecule has 7 heteroatoms. The lowest BCUT2D eigenvalue weighted by Crippen LogP contribution is -2.36. The third-order valence-corrected chi connectivity index (χ3v) is 5.86. The molecule has 0 atom stereocenters. The average molecular weight is 427 g/mol. The van der Waals surface area contributed by atoms with E-state index in [1.165, 1.54) is 7.11 Å². The first-order valence-corrected chi connectivity index (χ1v) is 10.4. The van der Waals surface area contributed by atoms with Crippen LogP contribution in [0.4, 0.5) is 16.2 Å². The number of carbonyl (C=O) groups excluding carboxylic acids is 2. The van der Waals surface area contributed by atoms with E-state index in [0.717, 1.165) is 24.0 Å². The molecule has 1 aliphatic carbocycles. The molecule has 166 valence electrons. The molecule has 1 saturated carbocycles. The van der Waals surface area contributed by atoms with Gasteiger partial charge in [0.1, 0.15) is 5.75 Å². The fraction of sp³-hybridized carbons (Fsp3) is 0.417. The summed E-state index contributed by atoms with van der Waals surface area (Å²) in [4.78, 5) is 23.9. The van der Waals surface area contributed by atoms with Gasteiger partial charge in [-0.2, -0.15) is 0 Å². The second-order valence-electron chi connectivity index (χ2n) is 8.16. The molecule has 7 nitrogen and oxygen atoms in total. The fourth-order valence-corrected chi connectivity index (χ4v) is 4.05. The molecule has 0 heterocycles. The van der Waals surface area contributed by atoms with E-state index in [0.29, 0.717) is 35.9 Å². The molecule has 1 aliphatic rings. The highest BCUT2D eigenvalue weighted by atomic mass is 16.5. The zero-order valence-electron chi connectivity index (χ0n) is 18.2. The summed E-state index contributed by atoms with van der Waals surface area (Å²) in [6, 6.07) is 13.0. The maximum Gasteiger partial charge on any atom is 0.323 e. The first-order chi connectivity index (χ1) is 14.8. The Balaban J connectivity index is 1.56.